The Morgan fingerprint density at radius 1 is 1.02 bits per heavy atom. The zero-order valence-electron chi connectivity index (χ0n) is 23.4. The summed E-state index contributed by atoms with van der Waals surface area (Å²) in [5.41, 5.74) is 0.844. The van der Waals surface area contributed by atoms with Gasteiger partial charge in [-0.15, -0.1) is 0 Å². The lowest BCUT2D eigenvalue weighted by Gasteiger charge is -2.27. The number of rotatable bonds is 12. The van der Waals surface area contributed by atoms with Crippen molar-refractivity contribution in [2.75, 3.05) is 13.7 Å². The first-order valence-corrected chi connectivity index (χ1v) is 13.7. The Balaban J connectivity index is 1.58. The average molecular weight is 562 g/mol. The molecule has 0 radical (unpaired) electrons. The molecule has 11 heteroatoms. The van der Waals surface area contributed by atoms with Crippen molar-refractivity contribution in [1.82, 2.24) is 26.1 Å². The number of nitrogens with zero attached hydrogens (tertiary/aromatic N) is 1. The van der Waals surface area contributed by atoms with Gasteiger partial charge in [-0.25, -0.2) is 0 Å². The lowest BCUT2D eigenvalue weighted by atomic mass is 9.88. The Kier molecular flexibility index (Phi) is 9.49. The number of nitrogens with one attached hydrogen (secondary N) is 4. The highest BCUT2D eigenvalue weighted by atomic mass is 16.5. The predicted molar refractivity (Wildman–Crippen MR) is 151 cm³/mol. The summed E-state index contributed by atoms with van der Waals surface area (Å²) in [5, 5.41) is 15.6. The van der Waals surface area contributed by atoms with Crippen molar-refractivity contribution in [2.24, 2.45) is 11.8 Å². The molecule has 1 fully saturated rings. The van der Waals surface area contributed by atoms with E-state index in [2.05, 4.69) is 26.1 Å². The summed E-state index contributed by atoms with van der Waals surface area (Å²) >= 11 is 0. The van der Waals surface area contributed by atoms with Crippen molar-refractivity contribution < 1.29 is 28.7 Å². The fourth-order valence-electron chi connectivity index (χ4n) is 5.04. The molecule has 1 aliphatic heterocycles. The topological polar surface area (TPSA) is 159 Å². The number of hydrogen-bond acceptors (Lipinski definition) is 7. The molecule has 41 heavy (non-hydrogen) atoms. The van der Waals surface area contributed by atoms with Gasteiger partial charge < -0.3 is 20.7 Å². The number of aromatic nitrogens is 2. The number of hydrogen-bond donors (Lipinski definition) is 4. The molecule has 216 valence electrons. The maximum absolute atomic E-state index is 13.6. The molecule has 11 nitrogen and oxygen atoms in total. The highest BCUT2D eigenvalue weighted by Gasteiger charge is 2.35. The van der Waals surface area contributed by atoms with Gasteiger partial charge in [0, 0.05) is 18.0 Å². The Bertz CT molecular complexity index is 1430. The minimum absolute atomic E-state index is 0.000684. The number of carbonyl (C=O) groups excluding carboxylic acids is 5. The molecule has 0 spiro atoms. The summed E-state index contributed by atoms with van der Waals surface area (Å²) in [7, 11) is 1.49. The summed E-state index contributed by atoms with van der Waals surface area (Å²) in [5.74, 6) is -3.12. The number of Topliss-reactive ketones (excluding diaryl/α,β-unsaturated/α-hetero) is 2. The second-order valence-corrected chi connectivity index (χ2v) is 10.6. The lowest BCUT2D eigenvalue weighted by Crippen LogP contribution is -2.54. The Hall–Kier alpha value is -4.54. The molecule has 0 aliphatic carbocycles. The maximum Gasteiger partial charge on any atom is 0.273 e. The summed E-state index contributed by atoms with van der Waals surface area (Å²) < 4.78 is 5.39. The highest BCUT2D eigenvalue weighted by Crippen LogP contribution is 2.27. The van der Waals surface area contributed by atoms with Crippen molar-refractivity contribution in [1.29, 1.82) is 0 Å². The monoisotopic (exact) mass is 561 g/mol. The van der Waals surface area contributed by atoms with Crippen molar-refractivity contribution in [2.45, 2.75) is 51.6 Å². The van der Waals surface area contributed by atoms with Gasteiger partial charge in [0.2, 0.25) is 23.4 Å². The number of aromatic amines is 1. The molecule has 4 rings (SSSR count). The molecule has 3 atom stereocenters. The van der Waals surface area contributed by atoms with E-state index in [1.54, 1.807) is 36.4 Å². The van der Waals surface area contributed by atoms with Gasteiger partial charge in [-0.2, -0.15) is 5.10 Å². The molecule has 1 aliphatic rings. The van der Waals surface area contributed by atoms with Crippen LogP contribution in [0.2, 0.25) is 0 Å². The fraction of sp³-hybridized carbons (Fsp3) is 0.400. The third-order valence-electron chi connectivity index (χ3n) is 7.13. The van der Waals surface area contributed by atoms with E-state index < -0.39 is 41.4 Å². The van der Waals surface area contributed by atoms with Crippen molar-refractivity contribution >= 4 is 40.2 Å². The van der Waals surface area contributed by atoms with E-state index in [-0.39, 0.29) is 35.9 Å². The number of benzene rings is 2. The van der Waals surface area contributed by atoms with Gasteiger partial charge in [0.1, 0.15) is 11.8 Å². The normalized spacial score (nSPS) is 16.5. The zero-order chi connectivity index (χ0) is 29.5. The quantitative estimate of drug-likeness (QED) is 0.195. The van der Waals surface area contributed by atoms with Crippen LogP contribution in [0.1, 0.15) is 60.4 Å². The molecule has 2 heterocycles. The van der Waals surface area contributed by atoms with Crippen LogP contribution in [0.3, 0.4) is 0 Å². The molecule has 3 aromatic rings. The first-order chi connectivity index (χ1) is 19.7. The summed E-state index contributed by atoms with van der Waals surface area (Å²) in [6.45, 7) is 4.33. The van der Waals surface area contributed by atoms with Crippen LogP contribution in [0.25, 0.3) is 10.9 Å². The van der Waals surface area contributed by atoms with Crippen LogP contribution >= 0.6 is 0 Å². The second kappa shape index (κ2) is 13.2. The van der Waals surface area contributed by atoms with Gasteiger partial charge in [0.15, 0.2) is 5.69 Å². The Labute approximate surface area is 237 Å². The molecule has 3 amide bonds. The molecule has 0 saturated carbocycles. The molecule has 2 aromatic carbocycles. The Morgan fingerprint density at radius 3 is 2.46 bits per heavy atom. The van der Waals surface area contributed by atoms with E-state index >= 15 is 0 Å². The molecule has 1 saturated heterocycles. The number of carbonyl (C=O) groups is 5. The standard InChI is InChI=1S/C30H35N5O6/c1-17(2)15-22(33-30(40)25-24-20(34-35-25)12-7-13-23(24)41-3)29(39)32-21(16-19-11-8-14-31-28(19)38)27(37)26(36)18-9-5-4-6-10-18/h4-7,9-10,12-13,17,19,21-22H,8,11,14-16H2,1-3H3,(H,31,38)(H,32,39)(H,33,40)(H,34,35)/t19?,21?,22-/m0/s1. The Morgan fingerprint density at radius 2 is 1.78 bits per heavy atom. The maximum atomic E-state index is 13.6. The van der Waals surface area contributed by atoms with Crippen LogP contribution in [-0.4, -0.2) is 65.2 Å². The van der Waals surface area contributed by atoms with Crippen molar-refractivity contribution in [3.8, 4) is 5.75 Å². The third-order valence-corrected chi connectivity index (χ3v) is 7.13. The molecule has 0 bridgehead atoms. The third kappa shape index (κ3) is 6.97. The largest absolute Gasteiger partial charge is 0.496 e. The van der Waals surface area contributed by atoms with E-state index in [1.807, 2.05) is 13.8 Å². The number of fused-ring (bicyclic) bond motifs is 1. The minimum atomic E-state index is -1.25. The SMILES string of the molecule is COc1cccc2[nH]nc(C(=O)N[C@@H](CC(C)C)C(=O)NC(CC3CCCNC3=O)C(=O)C(=O)c3ccccc3)c12. The van der Waals surface area contributed by atoms with E-state index in [1.165, 1.54) is 19.2 Å². The number of piperidine rings is 1. The second-order valence-electron chi connectivity index (χ2n) is 10.6. The van der Waals surface area contributed by atoms with Gasteiger partial charge in [-0.05, 0) is 43.7 Å². The zero-order valence-corrected chi connectivity index (χ0v) is 23.4. The van der Waals surface area contributed by atoms with E-state index in [4.69, 9.17) is 4.74 Å². The van der Waals surface area contributed by atoms with Gasteiger partial charge in [-0.1, -0.05) is 50.2 Å². The van der Waals surface area contributed by atoms with Gasteiger partial charge >= 0.3 is 0 Å². The number of amides is 3. The van der Waals surface area contributed by atoms with Crippen molar-refractivity contribution in [3.63, 3.8) is 0 Å². The minimum Gasteiger partial charge on any atom is -0.496 e. The van der Waals surface area contributed by atoms with Crippen LogP contribution in [0.4, 0.5) is 0 Å². The first kappa shape index (κ1) is 29.4. The van der Waals surface area contributed by atoms with Crippen LogP contribution in [0.5, 0.6) is 5.75 Å². The summed E-state index contributed by atoms with van der Waals surface area (Å²) in [6.07, 6.45) is 1.49. The van der Waals surface area contributed by atoms with Crippen molar-refractivity contribution in [3.05, 3.63) is 59.8 Å². The lowest BCUT2D eigenvalue weighted by molar-refractivity contribution is -0.130. The fourth-order valence-corrected chi connectivity index (χ4v) is 5.04. The number of H-pyrrole nitrogens is 1. The number of ether oxygens (including phenoxy) is 1. The summed E-state index contributed by atoms with van der Waals surface area (Å²) in [6, 6.07) is 11.0. The highest BCUT2D eigenvalue weighted by molar-refractivity contribution is 6.45. The van der Waals surface area contributed by atoms with Crippen LogP contribution < -0.4 is 20.7 Å². The molecular weight excluding hydrogens is 526 g/mol. The molecule has 1 aromatic heterocycles. The molecule has 4 N–H and O–H groups in total. The van der Waals surface area contributed by atoms with Gasteiger partial charge in [0.05, 0.1) is 24.1 Å². The smallest absolute Gasteiger partial charge is 0.273 e. The van der Waals surface area contributed by atoms with Gasteiger partial charge in [-0.3, -0.25) is 29.1 Å². The van der Waals surface area contributed by atoms with Crippen LogP contribution in [-0.2, 0) is 14.4 Å². The van der Waals surface area contributed by atoms with E-state index in [0.717, 1.165) is 6.42 Å². The first-order valence-electron chi connectivity index (χ1n) is 13.7. The van der Waals surface area contributed by atoms with Crippen LogP contribution in [0.15, 0.2) is 48.5 Å². The predicted octanol–water partition coefficient (Wildman–Crippen LogP) is 2.57. The number of ketones is 2. The summed E-state index contributed by atoms with van der Waals surface area (Å²) in [4.78, 5) is 66.0. The molecule has 2 unspecified atom stereocenters. The number of methoxy groups -OCH3 is 1. The van der Waals surface area contributed by atoms with Gasteiger partial charge in [0.25, 0.3) is 5.91 Å². The van der Waals surface area contributed by atoms with E-state index in [0.29, 0.717) is 29.6 Å². The average Bonchev–Trinajstić information content (AvgIpc) is 3.41. The molecular formula is C30H35N5O6. The van der Waals surface area contributed by atoms with Crippen LogP contribution in [0, 0.1) is 11.8 Å². The van der Waals surface area contributed by atoms with E-state index in [9.17, 15) is 24.0 Å².